The molecular formula is C14H24N2S. The maximum Gasteiger partial charge on any atom is 0.0332 e. The van der Waals surface area contributed by atoms with Crippen molar-refractivity contribution in [3.63, 3.8) is 0 Å². The van der Waals surface area contributed by atoms with Gasteiger partial charge in [-0.25, -0.2) is 0 Å². The van der Waals surface area contributed by atoms with Gasteiger partial charge in [0.25, 0.3) is 0 Å². The molecule has 1 saturated heterocycles. The van der Waals surface area contributed by atoms with Gasteiger partial charge in [-0.3, -0.25) is 4.90 Å². The Labute approximate surface area is 109 Å². The molecule has 0 aromatic carbocycles. The topological polar surface area (TPSA) is 15.3 Å². The van der Waals surface area contributed by atoms with Crippen molar-refractivity contribution in [1.82, 2.24) is 10.2 Å². The highest BCUT2D eigenvalue weighted by Gasteiger charge is 2.29. The standard InChI is InChI=1S/C14H24N2S/c1-10-8-13(12(3)17-10)11(2)16-7-6-15-14(4,5)9-16/h8,11,15H,6-7,9H2,1-5H3. The number of nitrogens with one attached hydrogen (secondary N) is 1. The van der Waals surface area contributed by atoms with E-state index in [0.717, 1.165) is 19.6 Å². The van der Waals surface area contributed by atoms with E-state index in [1.807, 2.05) is 11.3 Å². The van der Waals surface area contributed by atoms with Gasteiger partial charge in [-0.2, -0.15) is 0 Å². The predicted molar refractivity (Wildman–Crippen MR) is 75.9 cm³/mol. The van der Waals surface area contributed by atoms with Crippen molar-refractivity contribution in [2.45, 2.75) is 46.2 Å². The minimum Gasteiger partial charge on any atom is -0.309 e. The first kappa shape index (κ1) is 13.1. The normalized spacial score (nSPS) is 22.6. The molecule has 1 aromatic rings. The maximum absolute atomic E-state index is 3.58. The fourth-order valence-electron chi connectivity index (χ4n) is 2.77. The molecule has 1 atom stereocenters. The second-order valence-electron chi connectivity index (χ2n) is 5.83. The van der Waals surface area contributed by atoms with Crippen molar-refractivity contribution in [2.24, 2.45) is 0 Å². The molecule has 96 valence electrons. The van der Waals surface area contributed by atoms with Crippen LogP contribution in [-0.4, -0.2) is 30.1 Å². The van der Waals surface area contributed by atoms with E-state index in [1.165, 1.54) is 15.3 Å². The number of thiophene rings is 1. The number of piperazine rings is 1. The predicted octanol–water partition coefficient (Wildman–Crippen LogP) is 3.11. The van der Waals surface area contributed by atoms with Gasteiger partial charge in [0.1, 0.15) is 0 Å². The Balaban J connectivity index is 2.14. The third kappa shape index (κ3) is 2.90. The molecule has 1 aliphatic heterocycles. The fourth-order valence-corrected chi connectivity index (χ4v) is 3.79. The molecule has 0 amide bonds. The number of rotatable bonds is 2. The zero-order valence-corrected chi connectivity index (χ0v) is 12.4. The van der Waals surface area contributed by atoms with Crippen molar-refractivity contribution in [3.8, 4) is 0 Å². The van der Waals surface area contributed by atoms with Crippen molar-refractivity contribution in [3.05, 3.63) is 21.4 Å². The van der Waals surface area contributed by atoms with Gasteiger partial charge in [0, 0.05) is 41.0 Å². The van der Waals surface area contributed by atoms with Crippen molar-refractivity contribution in [1.29, 1.82) is 0 Å². The largest absolute Gasteiger partial charge is 0.309 e. The van der Waals surface area contributed by atoms with Gasteiger partial charge in [0.05, 0.1) is 0 Å². The SMILES string of the molecule is Cc1cc(C(C)N2CCNC(C)(C)C2)c(C)s1. The highest BCUT2D eigenvalue weighted by molar-refractivity contribution is 7.12. The van der Waals surface area contributed by atoms with E-state index in [2.05, 4.69) is 50.9 Å². The van der Waals surface area contributed by atoms with Gasteiger partial charge in [0.2, 0.25) is 0 Å². The summed E-state index contributed by atoms with van der Waals surface area (Å²) in [5.41, 5.74) is 1.76. The van der Waals surface area contributed by atoms with Gasteiger partial charge in [-0.15, -0.1) is 11.3 Å². The fraction of sp³-hybridized carbons (Fsp3) is 0.714. The average molecular weight is 252 g/mol. The first-order chi connectivity index (χ1) is 7.89. The molecule has 1 fully saturated rings. The Kier molecular flexibility index (Phi) is 3.62. The number of hydrogen-bond donors (Lipinski definition) is 1. The van der Waals surface area contributed by atoms with E-state index < -0.39 is 0 Å². The minimum atomic E-state index is 0.242. The summed E-state index contributed by atoms with van der Waals surface area (Å²) in [7, 11) is 0. The van der Waals surface area contributed by atoms with Crippen LogP contribution < -0.4 is 5.32 Å². The summed E-state index contributed by atoms with van der Waals surface area (Å²) in [6.07, 6.45) is 0. The van der Waals surface area contributed by atoms with E-state index in [4.69, 9.17) is 0 Å². The lowest BCUT2D eigenvalue weighted by Crippen LogP contribution is -2.57. The van der Waals surface area contributed by atoms with Crippen molar-refractivity contribution in [2.75, 3.05) is 19.6 Å². The molecule has 2 nitrogen and oxygen atoms in total. The van der Waals surface area contributed by atoms with Crippen molar-refractivity contribution >= 4 is 11.3 Å². The second kappa shape index (κ2) is 4.71. The van der Waals surface area contributed by atoms with E-state index in [0.29, 0.717) is 6.04 Å². The Bertz CT molecular complexity index is 395. The van der Waals surface area contributed by atoms with Crippen LogP contribution in [0.4, 0.5) is 0 Å². The lowest BCUT2D eigenvalue weighted by molar-refractivity contribution is 0.116. The maximum atomic E-state index is 3.58. The summed E-state index contributed by atoms with van der Waals surface area (Å²) < 4.78 is 0. The lowest BCUT2D eigenvalue weighted by Gasteiger charge is -2.42. The summed E-state index contributed by atoms with van der Waals surface area (Å²) in [5.74, 6) is 0. The molecule has 2 rings (SSSR count). The highest BCUT2D eigenvalue weighted by Crippen LogP contribution is 2.31. The second-order valence-corrected chi connectivity index (χ2v) is 7.29. The zero-order chi connectivity index (χ0) is 12.6. The van der Waals surface area contributed by atoms with Crippen LogP contribution in [0, 0.1) is 13.8 Å². The zero-order valence-electron chi connectivity index (χ0n) is 11.6. The molecule has 1 unspecified atom stereocenters. The van der Waals surface area contributed by atoms with Gasteiger partial charge in [-0.1, -0.05) is 0 Å². The number of hydrogen-bond acceptors (Lipinski definition) is 3. The molecule has 0 bridgehead atoms. The first-order valence-corrected chi connectivity index (χ1v) is 7.27. The van der Waals surface area contributed by atoms with Gasteiger partial charge < -0.3 is 5.32 Å². The van der Waals surface area contributed by atoms with Crippen LogP contribution in [0.1, 0.15) is 42.1 Å². The van der Waals surface area contributed by atoms with Crippen LogP contribution >= 0.6 is 11.3 Å². The molecular weight excluding hydrogens is 228 g/mol. The molecule has 0 radical (unpaired) electrons. The monoisotopic (exact) mass is 252 g/mol. The number of aryl methyl sites for hydroxylation is 2. The van der Waals surface area contributed by atoms with E-state index >= 15 is 0 Å². The summed E-state index contributed by atoms with van der Waals surface area (Å²) >= 11 is 1.92. The Morgan fingerprint density at radius 2 is 2.12 bits per heavy atom. The summed E-state index contributed by atoms with van der Waals surface area (Å²) in [6, 6.07) is 2.90. The molecule has 17 heavy (non-hydrogen) atoms. The van der Waals surface area contributed by atoms with Crippen LogP contribution in [-0.2, 0) is 0 Å². The molecule has 2 heterocycles. The Morgan fingerprint density at radius 1 is 1.41 bits per heavy atom. The van der Waals surface area contributed by atoms with Gasteiger partial charge in [0.15, 0.2) is 0 Å². The molecule has 1 N–H and O–H groups in total. The van der Waals surface area contributed by atoms with Crippen LogP contribution in [0.2, 0.25) is 0 Å². The molecule has 1 aliphatic rings. The van der Waals surface area contributed by atoms with Gasteiger partial charge >= 0.3 is 0 Å². The van der Waals surface area contributed by atoms with Crippen LogP contribution in [0.5, 0.6) is 0 Å². The minimum absolute atomic E-state index is 0.242. The van der Waals surface area contributed by atoms with Crippen LogP contribution in [0.25, 0.3) is 0 Å². The molecule has 3 heteroatoms. The van der Waals surface area contributed by atoms with E-state index in [1.54, 1.807) is 0 Å². The molecule has 0 aliphatic carbocycles. The number of nitrogens with zero attached hydrogens (tertiary/aromatic N) is 1. The third-order valence-corrected chi connectivity index (χ3v) is 4.66. The van der Waals surface area contributed by atoms with Gasteiger partial charge in [-0.05, 0) is 46.2 Å². The third-order valence-electron chi connectivity index (χ3n) is 3.68. The first-order valence-electron chi connectivity index (χ1n) is 6.45. The Hall–Kier alpha value is -0.380. The quantitative estimate of drug-likeness (QED) is 0.870. The van der Waals surface area contributed by atoms with E-state index in [9.17, 15) is 0 Å². The summed E-state index contributed by atoms with van der Waals surface area (Å²) in [6.45, 7) is 14.7. The molecule has 0 spiro atoms. The average Bonchev–Trinajstić information content (AvgIpc) is 2.55. The lowest BCUT2D eigenvalue weighted by atomic mass is 9.98. The van der Waals surface area contributed by atoms with Crippen molar-refractivity contribution < 1.29 is 0 Å². The highest BCUT2D eigenvalue weighted by atomic mass is 32.1. The summed E-state index contributed by atoms with van der Waals surface area (Å²) in [4.78, 5) is 5.51. The molecule has 1 aromatic heterocycles. The van der Waals surface area contributed by atoms with Crippen LogP contribution in [0.3, 0.4) is 0 Å². The Morgan fingerprint density at radius 3 is 2.65 bits per heavy atom. The van der Waals surface area contributed by atoms with E-state index in [-0.39, 0.29) is 5.54 Å². The smallest absolute Gasteiger partial charge is 0.0332 e. The summed E-state index contributed by atoms with van der Waals surface area (Å²) in [5, 5.41) is 3.58. The van der Waals surface area contributed by atoms with Crippen LogP contribution in [0.15, 0.2) is 6.07 Å². The molecule has 0 saturated carbocycles.